The van der Waals surface area contributed by atoms with E-state index in [4.69, 9.17) is 9.47 Å². The van der Waals surface area contributed by atoms with Crippen molar-refractivity contribution in [3.63, 3.8) is 0 Å². The number of rotatable bonds is 2. The van der Waals surface area contributed by atoms with Gasteiger partial charge < -0.3 is 14.4 Å². The van der Waals surface area contributed by atoms with Gasteiger partial charge in [-0.15, -0.1) is 0 Å². The molecule has 0 bridgehead atoms. The van der Waals surface area contributed by atoms with Crippen LogP contribution in [0.2, 0.25) is 0 Å². The summed E-state index contributed by atoms with van der Waals surface area (Å²) in [7, 11) is 0. The number of aryl methyl sites for hydroxylation is 1. The minimum atomic E-state index is -0.393. The zero-order valence-electron chi connectivity index (χ0n) is 19.0. The number of aromatic nitrogens is 2. The minimum Gasteiger partial charge on any atom is -0.487 e. The molecule has 0 unspecified atom stereocenters. The number of hydrogen-bond acceptors (Lipinski definition) is 5. The summed E-state index contributed by atoms with van der Waals surface area (Å²) in [5.74, 6) is 1.18. The van der Waals surface area contributed by atoms with Gasteiger partial charge in [-0.05, 0) is 63.1 Å². The molecule has 2 saturated heterocycles. The van der Waals surface area contributed by atoms with Crippen LogP contribution in [0.5, 0.6) is 5.75 Å². The van der Waals surface area contributed by atoms with Crippen LogP contribution < -0.4 is 10.4 Å². The van der Waals surface area contributed by atoms with Gasteiger partial charge in [0.05, 0.1) is 12.7 Å². The zero-order valence-corrected chi connectivity index (χ0v) is 19.0. The molecule has 1 amide bonds. The highest BCUT2D eigenvalue weighted by Crippen LogP contribution is 2.55. The van der Waals surface area contributed by atoms with Gasteiger partial charge in [0.15, 0.2) is 0 Å². The van der Waals surface area contributed by atoms with Crippen LogP contribution in [0.3, 0.4) is 0 Å². The number of fused-ring (bicyclic) bond motifs is 3. The molecule has 170 valence electrons. The third kappa shape index (κ3) is 3.72. The lowest BCUT2D eigenvalue weighted by molar-refractivity contribution is -0.176. The fourth-order valence-corrected chi connectivity index (χ4v) is 5.59. The summed E-state index contributed by atoms with van der Waals surface area (Å²) >= 11 is 0. The molecule has 5 rings (SSSR count). The molecule has 0 saturated carbocycles. The molecule has 1 aromatic carbocycles. The summed E-state index contributed by atoms with van der Waals surface area (Å²) in [6, 6.07) is 8.06. The molecule has 1 aromatic heterocycles. The van der Waals surface area contributed by atoms with Crippen molar-refractivity contribution in [1.29, 1.82) is 0 Å². The highest BCUT2D eigenvalue weighted by molar-refractivity contribution is 5.76. The summed E-state index contributed by atoms with van der Waals surface area (Å²) in [5, 5.41) is 0. The van der Waals surface area contributed by atoms with Crippen LogP contribution in [0.15, 0.2) is 41.5 Å². The lowest BCUT2D eigenvalue weighted by Crippen LogP contribution is -2.55. The Hall–Kier alpha value is -2.67. The molecule has 7 heteroatoms. The van der Waals surface area contributed by atoms with Crippen molar-refractivity contribution in [2.24, 2.45) is 11.3 Å². The summed E-state index contributed by atoms with van der Waals surface area (Å²) in [6.07, 6.45) is 5.94. The monoisotopic (exact) mass is 437 g/mol. The average Bonchev–Trinajstić information content (AvgIpc) is 2.76. The Morgan fingerprint density at radius 1 is 1.25 bits per heavy atom. The van der Waals surface area contributed by atoms with E-state index in [1.165, 1.54) is 16.3 Å². The average molecular weight is 438 g/mol. The quantitative estimate of drug-likeness (QED) is 0.722. The van der Waals surface area contributed by atoms with Crippen LogP contribution in [0.1, 0.15) is 50.3 Å². The molecule has 2 fully saturated rings. The van der Waals surface area contributed by atoms with Crippen LogP contribution in [0, 0.1) is 18.3 Å². The Labute approximate surface area is 188 Å². The van der Waals surface area contributed by atoms with Gasteiger partial charge in [-0.1, -0.05) is 12.1 Å². The lowest BCUT2D eigenvalue weighted by atomic mass is 9.64. The van der Waals surface area contributed by atoms with E-state index in [1.807, 2.05) is 4.90 Å². The van der Waals surface area contributed by atoms with Gasteiger partial charge in [0.2, 0.25) is 5.91 Å². The minimum absolute atomic E-state index is 0.0322. The van der Waals surface area contributed by atoms with Crippen LogP contribution in [0.4, 0.5) is 0 Å². The fraction of sp³-hybridized carbons (Fsp3) is 0.560. The maximum atomic E-state index is 12.8. The molecule has 0 aliphatic carbocycles. The van der Waals surface area contributed by atoms with Gasteiger partial charge in [0.1, 0.15) is 17.9 Å². The Morgan fingerprint density at radius 3 is 2.78 bits per heavy atom. The molecule has 2 atom stereocenters. The summed E-state index contributed by atoms with van der Waals surface area (Å²) in [4.78, 5) is 30.2. The standard InChI is InChI=1S/C25H31N3O4/c1-17-5-6-18-20(13-17)32-24(2,3)19-14-25(16-31-22(18)19)7-11-27(12-8-25)21(29)15-28-10-4-9-26-23(28)30/h4-6,9-10,13,19,22H,7-8,11-12,14-16H2,1-3H3/t19-,22+/m0/s1. The van der Waals surface area contributed by atoms with E-state index in [2.05, 4.69) is 44.0 Å². The van der Waals surface area contributed by atoms with Crippen LogP contribution in [-0.2, 0) is 16.1 Å². The summed E-state index contributed by atoms with van der Waals surface area (Å²) in [6.45, 7) is 8.54. The second kappa shape index (κ2) is 7.73. The van der Waals surface area contributed by atoms with Gasteiger partial charge in [0.25, 0.3) is 0 Å². The normalized spacial score (nSPS) is 25.5. The van der Waals surface area contributed by atoms with E-state index in [0.29, 0.717) is 19.7 Å². The van der Waals surface area contributed by atoms with E-state index < -0.39 is 5.69 Å². The van der Waals surface area contributed by atoms with E-state index in [-0.39, 0.29) is 35.5 Å². The van der Waals surface area contributed by atoms with Gasteiger partial charge in [-0.3, -0.25) is 9.36 Å². The third-order valence-corrected chi connectivity index (χ3v) is 7.59. The van der Waals surface area contributed by atoms with E-state index >= 15 is 0 Å². The summed E-state index contributed by atoms with van der Waals surface area (Å²) in [5.41, 5.74) is 1.70. The predicted molar refractivity (Wildman–Crippen MR) is 119 cm³/mol. The predicted octanol–water partition coefficient (Wildman–Crippen LogP) is 3.11. The number of carbonyl (C=O) groups excluding carboxylic acids is 1. The second-order valence-corrected chi connectivity index (χ2v) is 10.2. The maximum Gasteiger partial charge on any atom is 0.347 e. The SMILES string of the molecule is Cc1ccc2c(c1)OC(C)(C)[C@H]1CC3(CCN(C(=O)Cn4cccnc4=O)CC3)CO[C@H]21. The van der Waals surface area contributed by atoms with Crippen molar-refractivity contribution in [3.8, 4) is 5.75 Å². The first kappa shape index (κ1) is 21.2. The van der Waals surface area contributed by atoms with E-state index in [0.717, 1.165) is 30.6 Å². The maximum absolute atomic E-state index is 12.8. The number of carbonyl (C=O) groups is 1. The fourth-order valence-electron chi connectivity index (χ4n) is 5.59. The molecule has 1 spiro atoms. The Kier molecular flexibility index (Phi) is 5.12. The molecule has 0 radical (unpaired) electrons. The Balaban J connectivity index is 1.28. The molecule has 3 aliphatic heterocycles. The van der Waals surface area contributed by atoms with Crippen LogP contribution in [0.25, 0.3) is 0 Å². The smallest absolute Gasteiger partial charge is 0.347 e. The second-order valence-electron chi connectivity index (χ2n) is 10.2. The van der Waals surface area contributed by atoms with Gasteiger partial charge >= 0.3 is 5.69 Å². The molecule has 3 aliphatic rings. The highest BCUT2D eigenvalue weighted by atomic mass is 16.5. The van der Waals surface area contributed by atoms with Gasteiger partial charge in [-0.2, -0.15) is 0 Å². The first-order chi connectivity index (χ1) is 15.3. The lowest BCUT2D eigenvalue weighted by Gasteiger charge is -2.54. The molecular weight excluding hydrogens is 406 g/mol. The summed E-state index contributed by atoms with van der Waals surface area (Å²) < 4.78 is 14.4. The van der Waals surface area contributed by atoms with Crippen LogP contribution in [-0.4, -0.2) is 45.7 Å². The largest absolute Gasteiger partial charge is 0.487 e. The number of piperidine rings is 1. The van der Waals surface area contributed by atoms with Crippen molar-refractivity contribution < 1.29 is 14.3 Å². The molecule has 7 nitrogen and oxygen atoms in total. The highest BCUT2D eigenvalue weighted by Gasteiger charge is 2.52. The Bertz CT molecular complexity index is 1080. The first-order valence-corrected chi connectivity index (χ1v) is 11.5. The number of benzene rings is 1. The zero-order chi connectivity index (χ0) is 22.5. The van der Waals surface area contributed by atoms with Gasteiger partial charge in [0, 0.05) is 37.0 Å². The van der Waals surface area contributed by atoms with Crippen molar-refractivity contribution in [2.45, 2.75) is 58.3 Å². The molecular formula is C25H31N3O4. The van der Waals surface area contributed by atoms with E-state index in [1.54, 1.807) is 12.3 Å². The number of nitrogens with zero attached hydrogens (tertiary/aromatic N) is 3. The number of amides is 1. The number of ether oxygens (including phenoxy) is 2. The third-order valence-electron chi connectivity index (χ3n) is 7.59. The molecule has 4 heterocycles. The van der Waals surface area contributed by atoms with Crippen molar-refractivity contribution >= 4 is 5.91 Å². The van der Waals surface area contributed by atoms with Crippen molar-refractivity contribution in [2.75, 3.05) is 19.7 Å². The Morgan fingerprint density at radius 2 is 2.03 bits per heavy atom. The molecule has 32 heavy (non-hydrogen) atoms. The molecule has 0 N–H and O–H groups in total. The topological polar surface area (TPSA) is 73.7 Å². The molecule has 2 aromatic rings. The van der Waals surface area contributed by atoms with Crippen molar-refractivity contribution in [3.05, 3.63) is 58.3 Å². The number of likely N-dealkylation sites (tertiary alicyclic amines) is 1. The van der Waals surface area contributed by atoms with E-state index in [9.17, 15) is 9.59 Å². The number of hydrogen-bond donors (Lipinski definition) is 0. The van der Waals surface area contributed by atoms with Crippen molar-refractivity contribution in [1.82, 2.24) is 14.5 Å². The first-order valence-electron chi connectivity index (χ1n) is 11.5. The van der Waals surface area contributed by atoms with Crippen LogP contribution >= 0.6 is 0 Å². The van der Waals surface area contributed by atoms with Gasteiger partial charge in [-0.25, -0.2) is 9.78 Å².